The maximum Gasteiger partial charge on any atom is 0.282 e. The number of hydrogen-bond acceptors (Lipinski definition) is 2. The molecule has 20 heavy (non-hydrogen) atoms. The minimum absolute atomic E-state index is 0.191. The second-order valence-electron chi connectivity index (χ2n) is 4.34. The first-order chi connectivity index (χ1) is 9.53. The van der Waals surface area contributed by atoms with Crippen molar-refractivity contribution < 1.29 is 8.42 Å². The van der Waals surface area contributed by atoms with Gasteiger partial charge in [-0.25, -0.2) is 0 Å². The van der Waals surface area contributed by atoms with Crippen molar-refractivity contribution in [3.63, 3.8) is 0 Å². The molecule has 2 rings (SSSR count). The molecule has 0 saturated heterocycles. The Morgan fingerprint density at radius 1 is 1.10 bits per heavy atom. The fraction of sp³-hybridized carbons (Fsp3) is 0.0625. The van der Waals surface area contributed by atoms with Crippen molar-refractivity contribution in [2.75, 3.05) is 0 Å². The van der Waals surface area contributed by atoms with Crippen LogP contribution in [-0.2, 0) is 10.0 Å². The summed E-state index contributed by atoms with van der Waals surface area (Å²) >= 11 is 0. The van der Waals surface area contributed by atoms with Gasteiger partial charge in [-0.2, -0.15) is 12.8 Å². The Kier molecular flexibility index (Phi) is 4.15. The van der Waals surface area contributed by atoms with Gasteiger partial charge in [0.1, 0.15) is 0 Å². The van der Waals surface area contributed by atoms with Gasteiger partial charge in [0.05, 0.1) is 10.6 Å². The van der Waals surface area contributed by atoms with E-state index in [1.807, 2.05) is 13.0 Å². The van der Waals surface area contributed by atoms with Gasteiger partial charge >= 0.3 is 0 Å². The summed E-state index contributed by atoms with van der Waals surface area (Å²) in [7, 11) is -3.70. The number of nitrogens with zero attached hydrogens (tertiary/aromatic N) is 1. The fourth-order valence-electron chi connectivity index (χ4n) is 1.73. The maximum atomic E-state index is 12.3. The average molecular weight is 285 g/mol. The van der Waals surface area contributed by atoms with Crippen LogP contribution in [0.5, 0.6) is 0 Å². The Labute approximate surface area is 119 Å². The van der Waals surface area contributed by atoms with E-state index < -0.39 is 10.0 Å². The molecule has 4 heteroatoms. The van der Waals surface area contributed by atoms with Gasteiger partial charge in [0.15, 0.2) is 0 Å². The van der Waals surface area contributed by atoms with Crippen LogP contribution in [0.2, 0.25) is 0 Å². The van der Waals surface area contributed by atoms with Gasteiger partial charge in [0.25, 0.3) is 10.0 Å². The van der Waals surface area contributed by atoms with E-state index in [1.165, 1.54) is 0 Å². The third-order valence-electron chi connectivity index (χ3n) is 2.77. The van der Waals surface area contributed by atoms with Crippen LogP contribution >= 0.6 is 0 Å². The molecule has 1 aliphatic carbocycles. The lowest BCUT2D eigenvalue weighted by Crippen LogP contribution is -2.06. The molecule has 0 fully saturated rings. The lowest BCUT2D eigenvalue weighted by atomic mass is 10.1. The molecule has 1 aromatic rings. The quantitative estimate of drug-likeness (QED) is 0.855. The molecule has 0 N–H and O–H groups in total. The summed E-state index contributed by atoms with van der Waals surface area (Å²) in [5, 5.41) is 0. The largest absolute Gasteiger partial charge is 0.282 e. The lowest BCUT2D eigenvalue weighted by molar-refractivity contribution is 0.598. The summed E-state index contributed by atoms with van der Waals surface area (Å²) in [6.45, 7) is 5.52. The van der Waals surface area contributed by atoms with E-state index in [0.717, 1.165) is 11.1 Å². The molecular weight excluding hydrogens is 270 g/mol. The molecule has 0 radical (unpaired) electrons. The van der Waals surface area contributed by atoms with Crippen LogP contribution in [0.4, 0.5) is 0 Å². The minimum atomic E-state index is -3.70. The zero-order valence-corrected chi connectivity index (χ0v) is 12.0. The van der Waals surface area contributed by atoms with Crippen molar-refractivity contribution >= 4 is 15.7 Å². The van der Waals surface area contributed by atoms with Gasteiger partial charge in [0.2, 0.25) is 0 Å². The third-order valence-corrected chi connectivity index (χ3v) is 4.08. The van der Waals surface area contributed by atoms with Crippen molar-refractivity contribution in [2.24, 2.45) is 4.40 Å². The molecule has 102 valence electrons. The average Bonchev–Trinajstić information content (AvgIpc) is 2.41. The zero-order chi connectivity index (χ0) is 14.6. The first-order valence-electron chi connectivity index (χ1n) is 6.12. The zero-order valence-electron chi connectivity index (χ0n) is 11.2. The highest BCUT2D eigenvalue weighted by molar-refractivity contribution is 7.90. The lowest BCUT2D eigenvalue weighted by Gasteiger charge is -2.06. The highest BCUT2D eigenvalue weighted by Crippen LogP contribution is 2.17. The molecule has 0 amide bonds. The van der Waals surface area contributed by atoms with Crippen molar-refractivity contribution in [3.8, 4) is 0 Å². The van der Waals surface area contributed by atoms with E-state index >= 15 is 0 Å². The molecule has 0 heterocycles. The van der Waals surface area contributed by atoms with Gasteiger partial charge in [-0.05, 0) is 25.1 Å². The monoisotopic (exact) mass is 285 g/mol. The Balaban J connectivity index is 2.45. The smallest absolute Gasteiger partial charge is 0.199 e. The molecule has 0 saturated carbocycles. The summed E-state index contributed by atoms with van der Waals surface area (Å²) in [5.74, 6) is 0. The molecule has 0 atom stereocenters. The van der Waals surface area contributed by atoms with Crippen LogP contribution in [0.15, 0.2) is 82.2 Å². The van der Waals surface area contributed by atoms with Crippen LogP contribution in [0, 0.1) is 6.92 Å². The van der Waals surface area contributed by atoms with Gasteiger partial charge in [-0.3, -0.25) is 0 Å². The summed E-state index contributed by atoms with van der Waals surface area (Å²) < 4.78 is 28.4. The summed E-state index contributed by atoms with van der Waals surface area (Å²) in [4.78, 5) is 0.191. The van der Waals surface area contributed by atoms with Crippen LogP contribution in [-0.4, -0.2) is 14.1 Å². The van der Waals surface area contributed by atoms with E-state index in [9.17, 15) is 8.42 Å². The van der Waals surface area contributed by atoms with Gasteiger partial charge < -0.3 is 0 Å². The first-order valence-corrected chi connectivity index (χ1v) is 7.56. The standard InChI is InChI=1S/C16H15NO2S/c1-3-6-14-7-4-5-8-16(14)17-20(18,19)15-11-9-13(2)10-12-15/h3-12H,1H2,2H3/b14-6+,17-16+. The fourth-order valence-corrected chi connectivity index (χ4v) is 2.74. The van der Waals surface area contributed by atoms with Crippen molar-refractivity contribution in [1.29, 1.82) is 0 Å². The molecule has 1 aromatic carbocycles. The number of sulfonamides is 1. The van der Waals surface area contributed by atoms with Crippen LogP contribution < -0.4 is 0 Å². The number of benzene rings is 1. The summed E-state index contributed by atoms with van der Waals surface area (Å²) in [6, 6.07) is 6.64. The van der Waals surface area contributed by atoms with E-state index in [0.29, 0.717) is 5.71 Å². The molecule has 0 spiro atoms. The molecule has 1 aliphatic rings. The van der Waals surface area contributed by atoms with Crippen LogP contribution in [0.25, 0.3) is 0 Å². The Bertz CT molecular complexity index is 733. The van der Waals surface area contributed by atoms with Crippen molar-refractivity contribution in [1.82, 2.24) is 0 Å². The van der Waals surface area contributed by atoms with Crippen molar-refractivity contribution in [3.05, 3.63) is 78.4 Å². The minimum Gasteiger partial charge on any atom is -0.199 e. The van der Waals surface area contributed by atoms with E-state index in [2.05, 4.69) is 11.0 Å². The highest BCUT2D eigenvalue weighted by atomic mass is 32.2. The van der Waals surface area contributed by atoms with E-state index in [1.54, 1.807) is 54.6 Å². The van der Waals surface area contributed by atoms with Crippen LogP contribution in [0.3, 0.4) is 0 Å². The van der Waals surface area contributed by atoms with E-state index in [4.69, 9.17) is 0 Å². The topological polar surface area (TPSA) is 46.5 Å². The normalized spacial score (nSPS) is 18.6. The number of allylic oxidation sites excluding steroid dienone is 7. The molecule has 0 unspecified atom stereocenters. The van der Waals surface area contributed by atoms with Crippen LogP contribution in [0.1, 0.15) is 5.56 Å². The predicted molar refractivity (Wildman–Crippen MR) is 82.4 cm³/mol. The molecule has 0 aliphatic heterocycles. The summed E-state index contributed by atoms with van der Waals surface area (Å²) in [5.41, 5.74) is 2.13. The molecular formula is C16H15NO2S. The van der Waals surface area contributed by atoms with Gasteiger partial charge in [0, 0.05) is 5.57 Å². The SMILES string of the molecule is C=C/C=C1\C=CC=C\C1=N/S(=O)(=O)c1ccc(C)cc1. The Morgan fingerprint density at radius 2 is 1.75 bits per heavy atom. The van der Waals surface area contributed by atoms with E-state index in [-0.39, 0.29) is 4.90 Å². The van der Waals surface area contributed by atoms with Gasteiger partial charge in [-0.1, -0.05) is 54.7 Å². The van der Waals surface area contributed by atoms with Gasteiger partial charge in [-0.15, -0.1) is 0 Å². The number of aryl methyl sites for hydroxylation is 1. The second kappa shape index (κ2) is 5.84. The molecule has 3 nitrogen and oxygen atoms in total. The Morgan fingerprint density at radius 3 is 2.40 bits per heavy atom. The first kappa shape index (κ1) is 14.2. The maximum absolute atomic E-state index is 12.3. The number of rotatable bonds is 3. The second-order valence-corrected chi connectivity index (χ2v) is 5.94. The predicted octanol–water partition coefficient (Wildman–Crippen LogP) is 3.36. The molecule has 0 bridgehead atoms. The highest BCUT2D eigenvalue weighted by Gasteiger charge is 2.15. The number of hydrogen-bond donors (Lipinski definition) is 0. The molecule has 0 aromatic heterocycles. The van der Waals surface area contributed by atoms with Crippen molar-refractivity contribution in [2.45, 2.75) is 11.8 Å². The summed E-state index contributed by atoms with van der Waals surface area (Å²) in [6.07, 6.45) is 10.4. The Hall–Kier alpha value is -2.20. The third kappa shape index (κ3) is 3.22.